The van der Waals surface area contributed by atoms with Crippen molar-refractivity contribution in [2.75, 3.05) is 12.8 Å². The van der Waals surface area contributed by atoms with Crippen LogP contribution in [0, 0.1) is 6.92 Å². The Morgan fingerprint density at radius 1 is 1.69 bits per heavy atom. The number of anilines is 1. The third-order valence-electron chi connectivity index (χ3n) is 1.60. The Morgan fingerprint density at radius 2 is 2.31 bits per heavy atom. The predicted molar refractivity (Wildman–Crippen MR) is 46.9 cm³/mol. The van der Waals surface area contributed by atoms with Gasteiger partial charge in [-0.2, -0.15) is 0 Å². The van der Waals surface area contributed by atoms with E-state index in [1.807, 2.05) is 0 Å². The number of nitrogen functional groups attached to an aromatic ring is 1. The molecule has 0 bridgehead atoms. The van der Waals surface area contributed by atoms with Gasteiger partial charge in [0.25, 0.3) is 0 Å². The Balaban J connectivity index is 3.30. The summed E-state index contributed by atoms with van der Waals surface area (Å²) < 4.78 is 4.79. The third-order valence-corrected chi connectivity index (χ3v) is 1.60. The van der Waals surface area contributed by atoms with Gasteiger partial charge in [0.15, 0.2) is 5.69 Å². The molecule has 0 radical (unpaired) electrons. The number of hydrogen-bond acceptors (Lipinski definition) is 4. The average molecular weight is 182 g/mol. The van der Waals surface area contributed by atoms with Gasteiger partial charge in [-0.1, -0.05) is 0 Å². The largest absolute Gasteiger partial charge is 0.480 e. The van der Waals surface area contributed by atoms with E-state index in [1.165, 1.54) is 13.2 Å². The summed E-state index contributed by atoms with van der Waals surface area (Å²) in [4.78, 5) is 14.4. The SMILES string of the molecule is COc1nc(C(=O)O)c(C)cc1N. The number of hydrogen-bond donors (Lipinski definition) is 2. The minimum atomic E-state index is -1.09. The number of carbonyl (C=O) groups is 1. The van der Waals surface area contributed by atoms with Crippen molar-refractivity contribution in [2.24, 2.45) is 0 Å². The molecule has 5 nitrogen and oxygen atoms in total. The molecule has 0 saturated carbocycles. The van der Waals surface area contributed by atoms with Gasteiger partial charge in [0.1, 0.15) is 0 Å². The van der Waals surface area contributed by atoms with Gasteiger partial charge >= 0.3 is 5.97 Å². The molecule has 70 valence electrons. The molecule has 5 heteroatoms. The topological polar surface area (TPSA) is 85.4 Å². The fraction of sp³-hybridized carbons (Fsp3) is 0.250. The van der Waals surface area contributed by atoms with Gasteiger partial charge in [-0.3, -0.25) is 0 Å². The van der Waals surface area contributed by atoms with Crippen LogP contribution in [0.3, 0.4) is 0 Å². The van der Waals surface area contributed by atoms with E-state index >= 15 is 0 Å². The van der Waals surface area contributed by atoms with E-state index in [-0.39, 0.29) is 11.6 Å². The maximum Gasteiger partial charge on any atom is 0.354 e. The molecule has 13 heavy (non-hydrogen) atoms. The van der Waals surface area contributed by atoms with Crippen LogP contribution in [0.4, 0.5) is 5.69 Å². The fourth-order valence-electron chi connectivity index (χ4n) is 0.998. The number of nitrogens with two attached hydrogens (primary N) is 1. The zero-order valence-corrected chi connectivity index (χ0v) is 7.37. The number of aromatic nitrogens is 1. The smallest absolute Gasteiger partial charge is 0.354 e. The van der Waals surface area contributed by atoms with E-state index < -0.39 is 5.97 Å². The van der Waals surface area contributed by atoms with Crippen LogP contribution in [0.15, 0.2) is 6.07 Å². The highest BCUT2D eigenvalue weighted by Gasteiger charge is 2.12. The van der Waals surface area contributed by atoms with Gasteiger partial charge < -0.3 is 15.6 Å². The lowest BCUT2D eigenvalue weighted by molar-refractivity contribution is 0.0688. The number of methoxy groups -OCH3 is 1. The summed E-state index contributed by atoms with van der Waals surface area (Å²) in [6.07, 6.45) is 0. The molecule has 0 fully saturated rings. The molecule has 1 aromatic rings. The molecular formula is C8H10N2O3. The maximum absolute atomic E-state index is 10.6. The Bertz CT molecular complexity index is 349. The van der Waals surface area contributed by atoms with Crippen LogP contribution in [-0.4, -0.2) is 23.2 Å². The Morgan fingerprint density at radius 3 is 2.77 bits per heavy atom. The second-order valence-corrected chi connectivity index (χ2v) is 2.56. The molecule has 0 aliphatic heterocycles. The fourth-order valence-corrected chi connectivity index (χ4v) is 0.998. The summed E-state index contributed by atoms with van der Waals surface area (Å²) in [5.74, 6) is -0.946. The average Bonchev–Trinajstić information content (AvgIpc) is 2.03. The summed E-state index contributed by atoms with van der Waals surface area (Å²) in [5.41, 5.74) is 6.34. The van der Waals surface area contributed by atoms with E-state index in [0.717, 1.165) is 0 Å². The second kappa shape index (κ2) is 3.30. The molecule has 1 rings (SSSR count). The van der Waals surface area contributed by atoms with Crippen molar-refractivity contribution >= 4 is 11.7 Å². The van der Waals surface area contributed by atoms with Crippen molar-refractivity contribution in [1.82, 2.24) is 4.98 Å². The number of pyridine rings is 1. The molecule has 0 unspecified atom stereocenters. The van der Waals surface area contributed by atoms with Gasteiger partial charge in [0.2, 0.25) is 5.88 Å². The van der Waals surface area contributed by atoms with Crippen molar-refractivity contribution in [1.29, 1.82) is 0 Å². The Kier molecular flexibility index (Phi) is 2.36. The van der Waals surface area contributed by atoms with Crippen molar-refractivity contribution in [3.05, 3.63) is 17.3 Å². The summed E-state index contributed by atoms with van der Waals surface area (Å²) in [6, 6.07) is 1.52. The van der Waals surface area contributed by atoms with E-state index in [2.05, 4.69) is 4.98 Å². The molecule has 0 amide bonds. The van der Waals surface area contributed by atoms with E-state index in [0.29, 0.717) is 11.3 Å². The number of aromatic carboxylic acids is 1. The highest BCUT2D eigenvalue weighted by molar-refractivity contribution is 5.87. The van der Waals surface area contributed by atoms with Crippen LogP contribution in [0.25, 0.3) is 0 Å². The van der Waals surface area contributed by atoms with Crippen LogP contribution in [0.2, 0.25) is 0 Å². The minimum Gasteiger partial charge on any atom is -0.480 e. The summed E-state index contributed by atoms with van der Waals surface area (Å²) in [6.45, 7) is 1.63. The molecule has 0 aliphatic carbocycles. The van der Waals surface area contributed by atoms with Crippen LogP contribution in [0.1, 0.15) is 16.1 Å². The second-order valence-electron chi connectivity index (χ2n) is 2.56. The first kappa shape index (κ1) is 9.31. The number of ether oxygens (including phenoxy) is 1. The van der Waals surface area contributed by atoms with Crippen LogP contribution < -0.4 is 10.5 Å². The first-order valence-electron chi connectivity index (χ1n) is 3.60. The molecule has 1 heterocycles. The predicted octanol–water partition coefficient (Wildman–Crippen LogP) is 0.679. The molecule has 1 aromatic heterocycles. The number of aryl methyl sites for hydroxylation is 1. The van der Waals surface area contributed by atoms with Gasteiger partial charge in [0.05, 0.1) is 12.8 Å². The van der Waals surface area contributed by atoms with Gasteiger partial charge in [-0.05, 0) is 18.6 Å². The monoisotopic (exact) mass is 182 g/mol. The van der Waals surface area contributed by atoms with E-state index in [4.69, 9.17) is 15.6 Å². The van der Waals surface area contributed by atoms with E-state index in [1.54, 1.807) is 6.92 Å². The van der Waals surface area contributed by atoms with Crippen molar-refractivity contribution in [3.8, 4) is 5.88 Å². The van der Waals surface area contributed by atoms with Crippen molar-refractivity contribution < 1.29 is 14.6 Å². The molecule has 0 atom stereocenters. The first-order chi connectivity index (χ1) is 6.06. The van der Waals surface area contributed by atoms with Gasteiger partial charge in [0, 0.05) is 0 Å². The number of nitrogens with zero attached hydrogens (tertiary/aromatic N) is 1. The first-order valence-corrected chi connectivity index (χ1v) is 3.60. The number of carboxylic acid groups (broad SMARTS) is 1. The van der Waals surface area contributed by atoms with Crippen molar-refractivity contribution in [3.63, 3.8) is 0 Å². The van der Waals surface area contributed by atoms with Crippen LogP contribution >= 0.6 is 0 Å². The Labute approximate surface area is 75.2 Å². The molecule has 0 aromatic carbocycles. The number of carboxylic acids is 1. The molecule has 0 spiro atoms. The zero-order chi connectivity index (χ0) is 10.0. The summed E-state index contributed by atoms with van der Waals surface area (Å²) in [7, 11) is 1.39. The van der Waals surface area contributed by atoms with Crippen molar-refractivity contribution in [2.45, 2.75) is 6.92 Å². The highest BCUT2D eigenvalue weighted by atomic mass is 16.5. The molecule has 0 aliphatic rings. The third kappa shape index (κ3) is 1.69. The lowest BCUT2D eigenvalue weighted by Gasteiger charge is -2.06. The quantitative estimate of drug-likeness (QED) is 0.702. The maximum atomic E-state index is 10.6. The summed E-state index contributed by atoms with van der Waals surface area (Å²) >= 11 is 0. The van der Waals surface area contributed by atoms with E-state index in [9.17, 15) is 4.79 Å². The lowest BCUT2D eigenvalue weighted by atomic mass is 10.2. The summed E-state index contributed by atoms with van der Waals surface area (Å²) in [5, 5.41) is 8.72. The highest BCUT2D eigenvalue weighted by Crippen LogP contribution is 2.20. The lowest BCUT2D eigenvalue weighted by Crippen LogP contribution is -2.06. The number of rotatable bonds is 2. The standard InChI is InChI=1S/C8H10N2O3/c1-4-3-5(9)7(13-2)10-6(4)8(11)12/h3H,9H2,1-2H3,(H,11,12). The molecule has 3 N–H and O–H groups in total. The Hall–Kier alpha value is -1.78. The minimum absolute atomic E-state index is 0.0361. The van der Waals surface area contributed by atoms with Gasteiger partial charge in [-0.25, -0.2) is 9.78 Å². The zero-order valence-electron chi connectivity index (χ0n) is 7.37. The van der Waals surface area contributed by atoms with Gasteiger partial charge in [-0.15, -0.1) is 0 Å². The normalized spacial score (nSPS) is 9.69. The molecule has 0 saturated heterocycles. The van der Waals surface area contributed by atoms with Crippen LogP contribution in [0.5, 0.6) is 5.88 Å². The van der Waals surface area contributed by atoms with Crippen LogP contribution in [-0.2, 0) is 0 Å². The molecular weight excluding hydrogens is 172 g/mol.